The fourth-order valence-electron chi connectivity index (χ4n) is 2.77. The monoisotopic (exact) mass is 324 g/mol. The molecule has 2 heterocycles. The summed E-state index contributed by atoms with van der Waals surface area (Å²) in [5.74, 6) is 0. The molecule has 2 N–H and O–H groups in total. The lowest BCUT2D eigenvalue weighted by Crippen LogP contribution is -2.41. The molecule has 0 unspecified atom stereocenters. The molecule has 24 heavy (non-hydrogen) atoms. The molecule has 0 bridgehead atoms. The molecule has 1 saturated heterocycles. The van der Waals surface area contributed by atoms with Crippen molar-refractivity contribution in [2.45, 2.75) is 45.8 Å². The first-order valence-corrected chi connectivity index (χ1v) is 8.35. The first-order valence-electron chi connectivity index (χ1n) is 8.35. The van der Waals surface area contributed by atoms with Crippen molar-refractivity contribution in [1.29, 1.82) is 0 Å². The zero-order chi connectivity index (χ0) is 17.5. The van der Waals surface area contributed by atoms with Gasteiger partial charge in [0.1, 0.15) is 0 Å². The van der Waals surface area contributed by atoms with Crippen molar-refractivity contribution < 1.29 is 9.31 Å². The Balaban J connectivity index is 1.92. The van der Waals surface area contributed by atoms with Gasteiger partial charge in [0, 0.05) is 17.6 Å². The van der Waals surface area contributed by atoms with E-state index in [1.165, 1.54) is 0 Å². The predicted octanol–water partition coefficient (Wildman–Crippen LogP) is 3.52. The van der Waals surface area contributed by atoms with E-state index in [0.29, 0.717) is 6.54 Å². The third-order valence-electron chi connectivity index (χ3n) is 5.00. The van der Waals surface area contributed by atoms with E-state index >= 15 is 0 Å². The van der Waals surface area contributed by atoms with Crippen molar-refractivity contribution in [1.82, 2.24) is 4.98 Å². The highest BCUT2D eigenvalue weighted by atomic mass is 16.7. The Morgan fingerprint density at radius 1 is 1.12 bits per heavy atom. The number of aromatic nitrogens is 1. The largest absolute Gasteiger partial charge is 0.491 e. The standard InChI is InChI=1S/C19H25BN2O2/c1-13-6-8-15-10-14(7-9-17(15)22-13)11-16(12-21)20-23-18(2,3)19(4,5)24-20/h6-11H,12,21H2,1-5H3. The molecule has 0 spiro atoms. The molecular formula is C19H25BN2O2. The number of hydrogen-bond acceptors (Lipinski definition) is 4. The van der Waals surface area contributed by atoms with Gasteiger partial charge in [-0.25, -0.2) is 0 Å². The molecule has 4 nitrogen and oxygen atoms in total. The average molecular weight is 324 g/mol. The molecule has 1 aromatic heterocycles. The maximum Gasteiger partial charge on any atom is 0.491 e. The molecular weight excluding hydrogens is 299 g/mol. The van der Waals surface area contributed by atoms with Crippen LogP contribution in [0.3, 0.4) is 0 Å². The highest BCUT2D eigenvalue weighted by Gasteiger charge is 2.52. The van der Waals surface area contributed by atoms with E-state index in [1.54, 1.807) is 0 Å². The van der Waals surface area contributed by atoms with Crippen molar-refractivity contribution in [3.63, 3.8) is 0 Å². The van der Waals surface area contributed by atoms with Crippen LogP contribution in [-0.4, -0.2) is 29.8 Å². The maximum absolute atomic E-state index is 6.11. The van der Waals surface area contributed by atoms with Gasteiger partial charge in [0.2, 0.25) is 0 Å². The number of hydrogen-bond donors (Lipinski definition) is 1. The van der Waals surface area contributed by atoms with Crippen molar-refractivity contribution in [3.8, 4) is 0 Å². The first kappa shape index (κ1) is 17.1. The van der Waals surface area contributed by atoms with Crippen LogP contribution in [0.1, 0.15) is 39.0 Å². The fraction of sp³-hybridized carbons (Fsp3) is 0.421. The van der Waals surface area contributed by atoms with Gasteiger partial charge in [-0.2, -0.15) is 0 Å². The zero-order valence-electron chi connectivity index (χ0n) is 15.1. The van der Waals surface area contributed by atoms with Crippen LogP contribution in [0.2, 0.25) is 0 Å². The lowest BCUT2D eigenvalue weighted by molar-refractivity contribution is 0.00578. The Bertz CT molecular complexity index is 783. The van der Waals surface area contributed by atoms with E-state index in [2.05, 4.69) is 29.3 Å². The minimum absolute atomic E-state index is 0.364. The maximum atomic E-state index is 6.11. The van der Waals surface area contributed by atoms with Gasteiger partial charge in [0.05, 0.1) is 16.7 Å². The van der Waals surface area contributed by atoms with E-state index in [9.17, 15) is 0 Å². The normalized spacial score (nSPS) is 19.9. The molecule has 1 aromatic carbocycles. The highest BCUT2D eigenvalue weighted by Crippen LogP contribution is 2.38. The van der Waals surface area contributed by atoms with Gasteiger partial charge in [-0.15, -0.1) is 0 Å². The number of nitrogens with zero attached hydrogens (tertiary/aromatic N) is 1. The Labute approximate surface area is 144 Å². The van der Waals surface area contributed by atoms with Crippen LogP contribution in [0.15, 0.2) is 35.8 Å². The molecule has 126 valence electrons. The molecule has 1 aliphatic heterocycles. The second-order valence-electron chi connectivity index (χ2n) is 7.42. The van der Waals surface area contributed by atoms with Gasteiger partial charge in [0.15, 0.2) is 0 Å². The second kappa shape index (κ2) is 5.99. The van der Waals surface area contributed by atoms with Crippen LogP contribution in [0, 0.1) is 6.92 Å². The second-order valence-corrected chi connectivity index (χ2v) is 7.42. The van der Waals surface area contributed by atoms with E-state index in [1.807, 2.05) is 46.8 Å². The molecule has 0 radical (unpaired) electrons. The van der Waals surface area contributed by atoms with Crippen molar-refractivity contribution >= 4 is 24.1 Å². The van der Waals surface area contributed by atoms with Crippen LogP contribution in [-0.2, 0) is 9.31 Å². The van der Waals surface area contributed by atoms with Crippen LogP contribution in [0.25, 0.3) is 17.0 Å². The number of aryl methyl sites for hydroxylation is 1. The van der Waals surface area contributed by atoms with E-state index in [0.717, 1.165) is 27.6 Å². The summed E-state index contributed by atoms with van der Waals surface area (Å²) in [5.41, 5.74) is 9.27. The van der Waals surface area contributed by atoms with Crippen molar-refractivity contribution in [2.75, 3.05) is 6.54 Å². The SMILES string of the molecule is Cc1ccc2cc(C=C(CN)B3OC(C)(C)C(C)(C)O3)ccc2n1. The third kappa shape index (κ3) is 3.12. The van der Waals surface area contributed by atoms with Gasteiger partial charge in [-0.1, -0.05) is 18.2 Å². The summed E-state index contributed by atoms with van der Waals surface area (Å²) in [6, 6.07) is 10.3. The molecule has 0 aliphatic carbocycles. The van der Waals surface area contributed by atoms with Crippen LogP contribution < -0.4 is 5.73 Å². The summed E-state index contributed by atoms with van der Waals surface area (Å²) in [7, 11) is -0.410. The van der Waals surface area contributed by atoms with Gasteiger partial charge in [-0.3, -0.25) is 4.98 Å². The number of benzene rings is 1. The predicted molar refractivity (Wildman–Crippen MR) is 99.6 cm³/mol. The number of rotatable bonds is 3. The fourth-order valence-corrected chi connectivity index (χ4v) is 2.77. The molecule has 3 rings (SSSR count). The van der Waals surface area contributed by atoms with E-state index in [-0.39, 0.29) is 11.2 Å². The molecule has 0 saturated carbocycles. The molecule has 0 amide bonds. The van der Waals surface area contributed by atoms with Crippen molar-refractivity contribution in [2.24, 2.45) is 5.73 Å². The number of pyridine rings is 1. The Morgan fingerprint density at radius 3 is 2.42 bits per heavy atom. The summed E-state index contributed by atoms with van der Waals surface area (Å²) in [6.45, 7) is 10.6. The molecule has 2 aromatic rings. The van der Waals surface area contributed by atoms with Crippen LogP contribution in [0.4, 0.5) is 0 Å². The lowest BCUT2D eigenvalue weighted by Gasteiger charge is -2.32. The number of nitrogens with two attached hydrogens (primary N) is 1. The summed E-state index contributed by atoms with van der Waals surface area (Å²) in [5, 5.41) is 1.11. The average Bonchev–Trinajstić information content (AvgIpc) is 2.73. The van der Waals surface area contributed by atoms with Crippen LogP contribution in [0.5, 0.6) is 0 Å². The van der Waals surface area contributed by atoms with Crippen LogP contribution >= 0.6 is 0 Å². The highest BCUT2D eigenvalue weighted by molar-refractivity contribution is 6.55. The summed E-state index contributed by atoms with van der Waals surface area (Å²) >= 11 is 0. The minimum atomic E-state index is -0.410. The molecule has 1 fully saturated rings. The molecule has 1 aliphatic rings. The van der Waals surface area contributed by atoms with Crippen molar-refractivity contribution in [3.05, 3.63) is 47.1 Å². The van der Waals surface area contributed by atoms with E-state index in [4.69, 9.17) is 15.0 Å². The molecule has 0 atom stereocenters. The number of fused-ring (bicyclic) bond motifs is 1. The van der Waals surface area contributed by atoms with Gasteiger partial charge in [-0.05, 0) is 63.9 Å². The minimum Gasteiger partial charge on any atom is -0.400 e. The molecule has 5 heteroatoms. The quantitative estimate of drug-likeness (QED) is 0.878. The lowest BCUT2D eigenvalue weighted by atomic mass is 9.77. The van der Waals surface area contributed by atoms with E-state index < -0.39 is 7.12 Å². The summed E-state index contributed by atoms with van der Waals surface area (Å²) in [4.78, 5) is 4.54. The Kier molecular flexibility index (Phi) is 4.28. The summed E-state index contributed by atoms with van der Waals surface area (Å²) < 4.78 is 12.2. The van der Waals surface area contributed by atoms with Gasteiger partial charge < -0.3 is 15.0 Å². The Hall–Kier alpha value is -1.69. The first-order chi connectivity index (χ1) is 11.2. The Morgan fingerprint density at radius 2 is 1.79 bits per heavy atom. The third-order valence-corrected chi connectivity index (χ3v) is 5.00. The smallest absolute Gasteiger partial charge is 0.400 e. The van der Waals surface area contributed by atoms with Gasteiger partial charge in [0.25, 0.3) is 0 Å². The topological polar surface area (TPSA) is 57.4 Å². The summed E-state index contributed by atoms with van der Waals surface area (Å²) in [6.07, 6.45) is 2.06. The van der Waals surface area contributed by atoms with Gasteiger partial charge >= 0.3 is 7.12 Å². The zero-order valence-corrected chi connectivity index (χ0v) is 15.1.